The lowest BCUT2D eigenvalue weighted by Gasteiger charge is -2.26. The molecule has 8 heteroatoms. The molecule has 0 bridgehead atoms. The third-order valence-electron chi connectivity index (χ3n) is 7.52. The average molecular weight is 578 g/mol. The first kappa shape index (κ1) is 27.4. The summed E-state index contributed by atoms with van der Waals surface area (Å²) >= 11 is 6.22. The van der Waals surface area contributed by atoms with Crippen LogP contribution < -0.4 is 10.3 Å². The van der Waals surface area contributed by atoms with Gasteiger partial charge in [-0.15, -0.1) is 0 Å². The van der Waals surface area contributed by atoms with Crippen LogP contribution in [-0.4, -0.2) is 35.8 Å². The minimum atomic E-state index is -0.881. The van der Waals surface area contributed by atoms with Crippen LogP contribution >= 0.6 is 11.6 Å². The molecule has 1 aromatic heterocycles. The van der Waals surface area contributed by atoms with Crippen LogP contribution in [0.3, 0.4) is 0 Å². The molecule has 0 spiro atoms. The van der Waals surface area contributed by atoms with Crippen molar-refractivity contribution in [2.24, 2.45) is 5.10 Å². The van der Waals surface area contributed by atoms with Gasteiger partial charge in [0, 0.05) is 35.0 Å². The molecule has 4 aromatic carbocycles. The molecule has 2 heterocycles. The van der Waals surface area contributed by atoms with Gasteiger partial charge in [0.25, 0.3) is 11.5 Å². The number of para-hydroxylation sites is 1. The number of hydrogen-bond acceptors (Lipinski definition) is 5. The highest BCUT2D eigenvalue weighted by atomic mass is 35.5. The Hall–Kier alpha value is -4.72. The SMILES string of the molecule is COc1cccc(C2CC(c3c(-c4ccc(Cl)cc4)c4ccccc4[nH]c3=O)=NN2C(=O)C(OC)c2ccccc2)c1. The lowest BCUT2D eigenvalue weighted by molar-refractivity contribution is -0.144. The number of rotatable bonds is 7. The second-order valence-electron chi connectivity index (χ2n) is 10.0. The largest absolute Gasteiger partial charge is 0.497 e. The van der Waals surface area contributed by atoms with Crippen LogP contribution in [0.4, 0.5) is 0 Å². The molecule has 1 amide bonds. The minimum Gasteiger partial charge on any atom is -0.497 e. The summed E-state index contributed by atoms with van der Waals surface area (Å²) in [6.07, 6.45) is -0.570. The number of carbonyl (C=O) groups is 1. The van der Waals surface area contributed by atoms with Crippen molar-refractivity contribution in [3.63, 3.8) is 0 Å². The molecule has 210 valence electrons. The molecule has 5 aromatic rings. The maximum Gasteiger partial charge on any atom is 0.276 e. The van der Waals surface area contributed by atoms with Gasteiger partial charge in [0.2, 0.25) is 0 Å². The molecule has 1 N–H and O–H groups in total. The van der Waals surface area contributed by atoms with E-state index < -0.39 is 12.1 Å². The monoisotopic (exact) mass is 577 g/mol. The van der Waals surface area contributed by atoms with Gasteiger partial charge in [-0.2, -0.15) is 5.10 Å². The van der Waals surface area contributed by atoms with E-state index >= 15 is 0 Å². The fourth-order valence-corrected chi connectivity index (χ4v) is 5.66. The van der Waals surface area contributed by atoms with Gasteiger partial charge in [0.1, 0.15) is 5.75 Å². The molecule has 2 unspecified atom stereocenters. The summed E-state index contributed by atoms with van der Waals surface area (Å²) in [6, 6.07) is 31.4. The number of amides is 1. The van der Waals surface area contributed by atoms with Crippen LogP contribution in [0.15, 0.2) is 113 Å². The van der Waals surface area contributed by atoms with Crippen molar-refractivity contribution >= 4 is 34.1 Å². The number of ether oxygens (including phenoxy) is 2. The van der Waals surface area contributed by atoms with E-state index in [9.17, 15) is 9.59 Å². The number of aromatic nitrogens is 1. The molecular weight excluding hydrogens is 550 g/mol. The first-order valence-electron chi connectivity index (χ1n) is 13.5. The predicted molar refractivity (Wildman–Crippen MR) is 165 cm³/mol. The zero-order valence-corrected chi connectivity index (χ0v) is 23.8. The van der Waals surface area contributed by atoms with Crippen LogP contribution in [0.25, 0.3) is 22.0 Å². The molecule has 2 atom stereocenters. The van der Waals surface area contributed by atoms with Crippen molar-refractivity contribution in [1.29, 1.82) is 0 Å². The first-order valence-corrected chi connectivity index (χ1v) is 13.9. The second-order valence-corrected chi connectivity index (χ2v) is 10.4. The number of hydrazone groups is 1. The maximum absolute atomic E-state index is 14.1. The highest BCUT2D eigenvalue weighted by Gasteiger charge is 2.39. The van der Waals surface area contributed by atoms with Gasteiger partial charge in [-0.05, 0) is 47.0 Å². The lowest BCUT2D eigenvalue weighted by atomic mass is 9.91. The van der Waals surface area contributed by atoms with Gasteiger partial charge in [0.05, 0.1) is 24.4 Å². The van der Waals surface area contributed by atoms with Crippen molar-refractivity contribution in [3.8, 4) is 16.9 Å². The number of carbonyl (C=O) groups excluding carboxylic acids is 1. The number of aromatic amines is 1. The van der Waals surface area contributed by atoms with Crippen molar-refractivity contribution in [3.05, 3.63) is 135 Å². The van der Waals surface area contributed by atoms with Crippen LogP contribution in [0.1, 0.15) is 35.3 Å². The number of hydrogen-bond donors (Lipinski definition) is 1. The standard InChI is InChI=1S/C34H28ClN3O4/c1-41-25-12-8-11-23(19-25)29-20-28(37-38(29)34(40)32(42-2)22-9-4-3-5-10-22)31-30(21-15-17-24(35)18-16-21)26-13-6-7-14-27(26)36-33(31)39/h3-19,29,32H,20H2,1-2H3,(H,36,39). The molecule has 7 nitrogen and oxygen atoms in total. The van der Waals surface area contributed by atoms with Gasteiger partial charge in [-0.1, -0.05) is 84.4 Å². The van der Waals surface area contributed by atoms with Crippen molar-refractivity contribution in [2.45, 2.75) is 18.6 Å². The molecule has 0 saturated heterocycles. The molecule has 1 aliphatic heterocycles. The van der Waals surface area contributed by atoms with Gasteiger partial charge in [-0.3, -0.25) is 9.59 Å². The van der Waals surface area contributed by atoms with Crippen molar-refractivity contribution in [1.82, 2.24) is 9.99 Å². The van der Waals surface area contributed by atoms with Crippen LogP contribution in [0, 0.1) is 0 Å². The minimum absolute atomic E-state index is 0.289. The van der Waals surface area contributed by atoms with E-state index in [1.165, 1.54) is 12.1 Å². The summed E-state index contributed by atoms with van der Waals surface area (Å²) < 4.78 is 11.2. The number of nitrogens with one attached hydrogen (secondary N) is 1. The zero-order valence-electron chi connectivity index (χ0n) is 23.1. The Kier molecular flexibility index (Phi) is 7.61. The molecular formula is C34H28ClN3O4. The Labute approximate surface area is 248 Å². The Morgan fingerprint density at radius 2 is 1.67 bits per heavy atom. The molecule has 0 saturated carbocycles. The van der Waals surface area contributed by atoms with Gasteiger partial charge in [-0.25, -0.2) is 5.01 Å². The molecule has 6 rings (SSSR count). The van der Waals surface area contributed by atoms with E-state index in [-0.39, 0.29) is 11.5 Å². The number of halogens is 1. The first-order chi connectivity index (χ1) is 20.5. The Balaban J connectivity index is 1.54. The fraction of sp³-hybridized carbons (Fsp3) is 0.147. The third-order valence-corrected chi connectivity index (χ3v) is 7.77. The van der Waals surface area contributed by atoms with E-state index in [4.69, 9.17) is 26.2 Å². The summed E-state index contributed by atoms with van der Waals surface area (Å²) in [5.74, 6) is 0.321. The molecule has 0 fully saturated rings. The topological polar surface area (TPSA) is 84.0 Å². The van der Waals surface area contributed by atoms with Gasteiger partial charge < -0.3 is 14.5 Å². The lowest BCUT2D eigenvalue weighted by Crippen LogP contribution is -2.32. The van der Waals surface area contributed by atoms with E-state index in [0.717, 1.165) is 22.1 Å². The van der Waals surface area contributed by atoms with E-state index in [2.05, 4.69) is 4.98 Å². The molecule has 0 radical (unpaired) electrons. The third kappa shape index (κ3) is 5.09. The van der Waals surface area contributed by atoms with E-state index in [1.807, 2.05) is 91.0 Å². The number of pyridine rings is 1. The maximum atomic E-state index is 14.1. The molecule has 1 aliphatic rings. The summed E-state index contributed by atoms with van der Waals surface area (Å²) in [5, 5.41) is 7.77. The Bertz CT molecular complexity index is 1850. The number of nitrogens with zero attached hydrogens (tertiary/aromatic N) is 2. The average Bonchev–Trinajstić information content (AvgIpc) is 3.47. The normalized spacial score (nSPS) is 15.5. The smallest absolute Gasteiger partial charge is 0.276 e. The summed E-state index contributed by atoms with van der Waals surface area (Å²) in [4.78, 5) is 31.0. The van der Waals surface area contributed by atoms with Crippen molar-refractivity contribution in [2.75, 3.05) is 14.2 Å². The summed E-state index contributed by atoms with van der Waals surface area (Å²) in [7, 11) is 3.10. The molecule has 0 aliphatic carbocycles. The number of benzene rings is 4. The van der Waals surface area contributed by atoms with Gasteiger partial charge >= 0.3 is 0 Å². The quantitative estimate of drug-likeness (QED) is 0.227. The molecule has 42 heavy (non-hydrogen) atoms. The predicted octanol–water partition coefficient (Wildman–Crippen LogP) is 6.92. The second kappa shape index (κ2) is 11.6. The Morgan fingerprint density at radius 3 is 2.40 bits per heavy atom. The van der Waals surface area contributed by atoms with E-state index in [0.29, 0.717) is 39.5 Å². The highest BCUT2D eigenvalue weighted by molar-refractivity contribution is 6.30. The van der Waals surface area contributed by atoms with E-state index in [1.54, 1.807) is 19.2 Å². The summed E-state index contributed by atoms with van der Waals surface area (Å²) in [5.41, 5.74) is 4.41. The van der Waals surface area contributed by atoms with Crippen LogP contribution in [0.5, 0.6) is 5.75 Å². The fourth-order valence-electron chi connectivity index (χ4n) is 5.54. The Morgan fingerprint density at radius 1 is 0.929 bits per heavy atom. The number of fused-ring (bicyclic) bond motifs is 1. The van der Waals surface area contributed by atoms with Crippen LogP contribution in [-0.2, 0) is 9.53 Å². The zero-order chi connectivity index (χ0) is 29.2. The highest BCUT2D eigenvalue weighted by Crippen LogP contribution is 2.39. The van der Waals surface area contributed by atoms with Gasteiger partial charge in [0.15, 0.2) is 6.10 Å². The number of H-pyrrole nitrogens is 1. The summed E-state index contributed by atoms with van der Waals surface area (Å²) in [6.45, 7) is 0. The van der Waals surface area contributed by atoms with Crippen LogP contribution in [0.2, 0.25) is 5.02 Å². The number of methoxy groups -OCH3 is 2. The van der Waals surface area contributed by atoms with Crippen molar-refractivity contribution < 1.29 is 14.3 Å².